The van der Waals surface area contributed by atoms with E-state index in [1.807, 2.05) is 23.9 Å². The van der Waals surface area contributed by atoms with Gasteiger partial charge in [-0.25, -0.2) is 0 Å². The van der Waals surface area contributed by atoms with Crippen LogP contribution < -0.4 is 10.1 Å². The van der Waals surface area contributed by atoms with E-state index in [2.05, 4.69) is 10.4 Å². The first kappa shape index (κ1) is 12.3. The van der Waals surface area contributed by atoms with Crippen LogP contribution in [0.4, 0.5) is 5.69 Å². The van der Waals surface area contributed by atoms with Gasteiger partial charge in [0.05, 0.1) is 19.0 Å². The van der Waals surface area contributed by atoms with Crippen molar-refractivity contribution < 1.29 is 9.84 Å². The van der Waals surface area contributed by atoms with E-state index < -0.39 is 0 Å². The highest BCUT2D eigenvalue weighted by Crippen LogP contribution is 2.23. The molecule has 0 spiro atoms. The molecule has 0 aliphatic heterocycles. The summed E-state index contributed by atoms with van der Waals surface area (Å²) in [5.41, 5.74) is 1.72. The Morgan fingerprint density at radius 2 is 2.28 bits per heavy atom. The molecule has 0 amide bonds. The summed E-state index contributed by atoms with van der Waals surface area (Å²) in [5.74, 6) is 0.986. The number of benzene rings is 1. The summed E-state index contributed by atoms with van der Waals surface area (Å²) in [6, 6.07) is 5.17. The number of phenols is 1. The van der Waals surface area contributed by atoms with Crippen LogP contribution in [0.3, 0.4) is 0 Å². The van der Waals surface area contributed by atoms with Gasteiger partial charge in [0.15, 0.2) is 0 Å². The molecule has 2 aromatic rings. The van der Waals surface area contributed by atoms with E-state index in [0.29, 0.717) is 6.54 Å². The van der Waals surface area contributed by atoms with Crippen molar-refractivity contribution in [2.24, 2.45) is 0 Å². The zero-order valence-electron chi connectivity index (χ0n) is 10.6. The lowest BCUT2D eigenvalue weighted by atomic mass is 10.2. The summed E-state index contributed by atoms with van der Waals surface area (Å²) in [6.45, 7) is 3.40. The summed E-state index contributed by atoms with van der Waals surface area (Å²) in [7, 11) is 1.61. The van der Waals surface area contributed by atoms with Crippen molar-refractivity contribution in [2.45, 2.75) is 20.0 Å². The smallest absolute Gasteiger partial charge is 0.120 e. The maximum absolute atomic E-state index is 9.74. The zero-order chi connectivity index (χ0) is 13.0. The Morgan fingerprint density at radius 1 is 1.44 bits per heavy atom. The molecule has 0 unspecified atom stereocenters. The van der Waals surface area contributed by atoms with Gasteiger partial charge in [-0.3, -0.25) is 4.68 Å². The normalized spacial score (nSPS) is 10.3. The topological polar surface area (TPSA) is 59.3 Å². The predicted octanol–water partition coefficient (Wildman–Crippen LogP) is 2.23. The Morgan fingerprint density at radius 3 is 2.94 bits per heavy atom. The summed E-state index contributed by atoms with van der Waals surface area (Å²) >= 11 is 0. The summed E-state index contributed by atoms with van der Waals surface area (Å²) in [5, 5.41) is 17.1. The third-order valence-corrected chi connectivity index (χ3v) is 2.73. The van der Waals surface area contributed by atoms with Gasteiger partial charge >= 0.3 is 0 Å². The van der Waals surface area contributed by atoms with Crippen LogP contribution in [0.1, 0.15) is 12.5 Å². The van der Waals surface area contributed by atoms with Crippen LogP contribution in [0.2, 0.25) is 0 Å². The van der Waals surface area contributed by atoms with E-state index in [0.717, 1.165) is 23.5 Å². The Kier molecular flexibility index (Phi) is 3.72. The lowest BCUT2D eigenvalue weighted by Gasteiger charge is -2.08. The second-order valence-corrected chi connectivity index (χ2v) is 3.93. The van der Waals surface area contributed by atoms with Crippen molar-refractivity contribution in [3.8, 4) is 11.5 Å². The number of nitrogens with one attached hydrogen (secondary N) is 1. The Hall–Kier alpha value is -2.17. The van der Waals surface area contributed by atoms with Crippen molar-refractivity contribution in [1.29, 1.82) is 0 Å². The van der Waals surface area contributed by atoms with Crippen molar-refractivity contribution >= 4 is 5.69 Å². The molecule has 0 saturated heterocycles. The predicted molar refractivity (Wildman–Crippen MR) is 69.9 cm³/mol. The van der Waals surface area contributed by atoms with E-state index in [1.54, 1.807) is 25.4 Å². The van der Waals surface area contributed by atoms with E-state index in [4.69, 9.17) is 4.74 Å². The number of hydrogen-bond acceptors (Lipinski definition) is 4. The molecule has 96 valence electrons. The third kappa shape index (κ3) is 2.74. The van der Waals surface area contributed by atoms with Crippen LogP contribution >= 0.6 is 0 Å². The van der Waals surface area contributed by atoms with Crippen LogP contribution in [0.5, 0.6) is 11.5 Å². The molecule has 1 heterocycles. The van der Waals surface area contributed by atoms with Crippen molar-refractivity contribution in [3.05, 3.63) is 36.2 Å². The van der Waals surface area contributed by atoms with Gasteiger partial charge in [-0.05, 0) is 25.1 Å². The first-order chi connectivity index (χ1) is 8.72. The first-order valence-electron chi connectivity index (χ1n) is 5.85. The van der Waals surface area contributed by atoms with E-state index in [1.165, 1.54) is 0 Å². The van der Waals surface area contributed by atoms with Gasteiger partial charge in [0, 0.05) is 24.8 Å². The minimum absolute atomic E-state index is 0.256. The third-order valence-electron chi connectivity index (χ3n) is 2.73. The second-order valence-electron chi connectivity index (χ2n) is 3.93. The van der Waals surface area contributed by atoms with Crippen molar-refractivity contribution in [3.63, 3.8) is 0 Å². The number of nitrogens with zero attached hydrogens (tertiary/aromatic N) is 2. The number of aromatic hydroxyl groups is 1. The Balaban J connectivity index is 2.05. The highest BCUT2D eigenvalue weighted by Gasteiger charge is 2.04. The maximum atomic E-state index is 9.74. The number of ether oxygens (including phenoxy) is 1. The number of aryl methyl sites for hydroxylation is 1. The van der Waals surface area contributed by atoms with Crippen LogP contribution in [-0.4, -0.2) is 22.0 Å². The molecule has 1 aromatic carbocycles. The first-order valence-corrected chi connectivity index (χ1v) is 5.85. The molecular weight excluding hydrogens is 230 g/mol. The van der Waals surface area contributed by atoms with Gasteiger partial charge in [0.25, 0.3) is 0 Å². The molecule has 0 radical (unpaired) electrons. The lowest BCUT2D eigenvalue weighted by Crippen LogP contribution is -1.99. The fraction of sp³-hybridized carbons (Fsp3) is 0.308. The molecule has 0 fully saturated rings. The molecule has 0 aliphatic rings. The highest BCUT2D eigenvalue weighted by atomic mass is 16.5. The van der Waals surface area contributed by atoms with E-state index in [9.17, 15) is 5.11 Å². The number of anilines is 1. The largest absolute Gasteiger partial charge is 0.508 e. The molecule has 0 bridgehead atoms. The van der Waals surface area contributed by atoms with Crippen molar-refractivity contribution in [2.75, 3.05) is 12.4 Å². The number of hydrogen-bond donors (Lipinski definition) is 2. The molecule has 0 saturated carbocycles. The number of methoxy groups -OCH3 is 1. The van der Waals surface area contributed by atoms with Gasteiger partial charge in [0.2, 0.25) is 0 Å². The Bertz CT molecular complexity index is 523. The highest BCUT2D eigenvalue weighted by molar-refractivity contribution is 5.44. The molecule has 18 heavy (non-hydrogen) atoms. The number of rotatable bonds is 5. The summed E-state index contributed by atoms with van der Waals surface area (Å²) in [6.07, 6.45) is 3.69. The minimum Gasteiger partial charge on any atom is -0.508 e. The molecular formula is C13H17N3O2. The van der Waals surface area contributed by atoms with Crippen LogP contribution in [0, 0.1) is 0 Å². The van der Waals surface area contributed by atoms with Crippen molar-refractivity contribution in [1.82, 2.24) is 9.78 Å². The molecule has 2 rings (SSSR count). The lowest BCUT2D eigenvalue weighted by molar-refractivity contribution is 0.411. The van der Waals surface area contributed by atoms with Crippen LogP contribution in [-0.2, 0) is 13.1 Å². The maximum Gasteiger partial charge on any atom is 0.120 e. The average molecular weight is 247 g/mol. The van der Waals surface area contributed by atoms with Gasteiger partial charge < -0.3 is 15.2 Å². The summed E-state index contributed by atoms with van der Waals surface area (Å²) < 4.78 is 6.97. The molecule has 2 N–H and O–H groups in total. The quantitative estimate of drug-likeness (QED) is 0.850. The van der Waals surface area contributed by atoms with Gasteiger partial charge in [0.1, 0.15) is 11.5 Å². The molecule has 0 atom stereocenters. The number of phenolic OH excluding ortho intramolecular Hbond substituents is 1. The standard InChI is InChI=1S/C13H17N3O2/c1-3-16-9-11(8-15-16)14-7-10-6-12(18-2)4-5-13(10)17/h4-6,8-9,14,17H,3,7H2,1-2H3. The van der Waals surface area contributed by atoms with Gasteiger partial charge in [-0.2, -0.15) is 5.10 Å². The van der Waals surface area contributed by atoms with Gasteiger partial charge in [-0.15, -0.1) is 0 Å². The SMILES string of the molecule is CCn1cc(NCc2cc(OC)ccc2O)cn1. The Labute approximate surface area is 106 Å². The second kappa shape index (κ2) is 5.44. The molecule has 5 nitrogen and oxygen atoms in total. The molecule has 0 aliphatic carbocycles. The fourth-order valence-electron chi connectivity index (χ4n) is 1.66. The van der Waals surface area contributed by atoms with E-state index >= 15 is 0 Å². The minimum atomic E-state index is 0.256. The molecule has 5 heteroatoms. The zero-order valence-corrected chi connectivity index (χ0v) is 10.6. The summed E-state index contributed by atoms with van der Waals surface area (Å²) in [4.78, 5) is 0. The fourth-order valence-corrected chi connectivity index (χ4v) is 1.66. The van der Waals surface area contributed by atoms with E-state index in [-0.39, 0.29) is 5.75 Å². The monoisotopic (exact) mass is 247 g/mol. The molecule has 1 aromatic heterocycles. The number of aromatic nitrogens is 2. The van der Waals surface area contributed by atoms with Crippen LogP contribution in [0.15, 0.2) is 30.6 Å². The van der Waals surface area contributed by atoms with Gasteiger partial charge in [-0.1, -0.05) is 0 Å². The average Bonchev–Trinajstić information content (AvgIpc) is 2.86. The van der Waals surface area contributed by atoms with Crippen LogP contribution in [0.25, 0.3) is 0 Å².